The lowest BCUT2D eigenvalue weighted by Crippen LogP contribution is -2.56. The smallest absolute Gasteiger partial charge is 0.415 e. The predicted molar refractivity (Wildman–Crippen MR) is 131 cm³/mol. The minimum atomic E-state index is -0.491. The average Bonchev–Trinajstić information content (AvgIpc) is 3.28. The fourth-order valence-corrected chi connectivity index (χ4v) is 6.06. The summed E-state index contributed by atoms with van der Waals surface area (Å²) in [5.41, 5.74) is 1.15. The van der Waals surface area contributed by atoms with Gasteiger partial charge in [-0.05, 0) is 55.1 Å². The Morgan fingerprint density at radius 3 is 2.84 bits per heavy atom. The summed E-state index contributed by atoms with van der Waals surface area (Å²) >= 11 is 0. The van der Waals surface area contributed by atoms with Crippen molar-refractivity contribution in [2.75, 3.05) is 43.0 Å². The third-order valence-corrected chi connectivity index (χ3v) is 7.82. The van der Waals surface area contributed by atoms with Crippen molar-refractivity contribution in [3.8, 4) is 5.75 Å². The molecule has 7 rings (SSSR count). The molecule has 6 heterocycles. The van der Waals surface area contributed by atoms with E-state index in [4.69, 9.17) is 9.47 Å². The van der Waals surface area contributed by atoms with Gasteiger partial charge >= 0.3 is 6.09 Å². The van der Waals surface area contributed by atoms with Crippen LogP contribution in [0.2, 0.25) is 0 Å². The zero-order chi connectivity index (χ0) is 25.3. The lowest BCUT2D eigenvalue weighted by molar-refractivity contribution is -0.118. The lowest BCUT2D eigenvalue weighted by atomic mass is 9.91. The van der Waals surface area contributed by atoms with Crippen LogP contribution in [0.15, 0.2) is 41.2 Å². The summed E-state index contributed by atoms with van der Waals surface area (Å²) in [6, 6.07) is 9.66. The number of amides is 2. The molecule has 2 saturated heterocycles. The maximum absolute atomic E-state index is 14.6. The van der Waals surface area contributed by atoms with Gasteiger partial charge in [0, 0.05) is 37.2 Å². The van der Waals surface area contributed by atoms with Gasteiger partial charge in [-0.2, -0.15) is 0 Å². The SMILES string of the molecule is O=C1COc2ccc(N3CC4CCN(C[C@H]5Cc6c(F)ccc7ccc(=O)n5c67)CC4OC3=O)nc2N1. The zero-order valence-corrected chi connectivity index (χ0v) is 19.9. The monoisotopic (exact) mass is 505 g/mol. The van der Waals surface area contributed by atoms with Gasteiger partial charge in [-0.25, -0.2) is 14.2 Å². The molecule has 4 aliphatic heterocycles. The largest absolute Gasteiger partial charge is 0.480 e. The Kier molecular flexibility index (Phi) is 4.97. The van der Waals surface area contributed by atoms with Crippen molar-refractivity contribution in [2.45, 2.75) is 25.0 Å². The van der Waals surface area contributed by atoms with E-state index in [9.17, 15) is 18.8 Å². The van der Waals surface area contributed by atoms with Crippen LogP contribution in [0.5, 0.6) is 5.75 Å². The van der Waals surface area contributed by atoms with Gasteiger partial charge in [0.1, 0.15) is 17.7 Å². The number of nitrogens with zero attached hydrogens (tertiary/aromatic N) is 4. The number of pyridine rings is 2. The van der Waals surface area contributed by atoms with Crippen molar-refractivity contribution in [3.05, 3.63) is 58.1 Å². The summed E-state index contributed by atoms with van der Waals surface area (Å²) in [5.74, 6) is 0.686. The van der Waals surface area contributed by atoms with Gasteiger partial charge in [-0.1, -0.05) is 0 Å². The highest BCUT2D eigenvalue weighted by molar-refractivity contribution is 5.95. The Hall–Kier alpha value is -3.99. The van der Waals surface area contributed by atoms with Crippen LogP contribution in [0.4, 0.5) is 20.8 Å². The number of aromatic nitrogens is 2. The first-order valence-electron chi connectivity index (χ1n) is 12.4. The van der Waals surface area contributed by atoms with Crippen LogP contribution in [0.3, 0.4) is 0 Å². The number of piperidine rings is 1. The number of nitrogens with one attached hydrogen (secondary N) is 1. The molecule has 11 heteroatoms. The molecule has 2 fully saturated rings. The van der Waals surface area contributed by atoms with E-state index >= 15 is 0 Å². The molecule has 0 bridgehead atoms. The molecule has 0 saturated carbocycles. The summed E-state index contributed by atoms with van der Waals surface area (Å²) in [4.78, 5) is 45.4. The minimum absolute atomic E-state index is 0.0638. The molecule has 10 nitrogen and oxygen atoms in total. The third-order valence-electron chi connectivity index (χ3n) is 7.82. The van der Waals surface area contributed by atoms with Crippen molar-refractivity contribution in [1.82, 2.24) is 14.5 Å². The van der Waals surface area contributed by atoms with E-state index in [-0.39, 0.29) is 47.8 Å². The summed E-state index contributed by atoms with van der Waals surface area (Å²) in [5, 5.41) is 3.53. The predicted octanol–water partition coefficient (Wildman–Crippen LogP) is 2.31. The molecule has 2 amide bonds. The molecule has 0 aliphatic carbocycles. The first kappa shape index (κ1) is 22.2. The Labute approximate surface area is 210 Å². The first-order valence-corrected chi connectivity index (χ1v) is 12.4. The Morgan fingerprint density at radius 1 is 1.08 bits per heavy atom. The molecule has 4 aliphatic rings. The fraction of sp³-hybridized carbons (Fsp3) is 0.385. The van der Waals surface area contributed by atoms with Crippen molar-refractivity contribution < 1.29 is 23.5 Å². The van der Waals surface area contributed by atoms with Crippen LogP contribution >= 0.6 is 0 Å². The van der Waals surface area contributed by atoms with Crippen LogP contribution in [-0.4, -0.2) is 65.3 Å². The van der Waals surface area contributed by atoms with Crippen molar-refractivity contribution in [2.24, 2.45) is 5.92 Å². The molecule has 3 aromatic rings. The van der Waals surface area contributed by atoms with Crippen LogP contribution in [0.25, 0.3) is 10.9 Å². The number of anilines is 2. The quantitative estimate of drug-likeness (QED) is 0.582. The second kappa shape index (κ2) is 8.27. The highest BCUT2D eigenvalue weighted by Gasteiger charge is 2.41. The van der Waals surface area contributed by atoms with E-state index in [2.05, 4.69) is 15.2 Å². The number of fused-ring (bicyclic) bond motifs is 2. The number of ether oxygens (including phenoxy) is 2. The van der Waals surface area contributed by atoms with Crippen molar-refractivity contribution in [1.29, 1.82) is 0 Å². The van der Waals surface area contributed by atoms with E-state index in [1.807, 2.05) is 0 Å². The number of benzene rings is 1. The molecule has 190 valence electrons. The maximum Gasteiger partial charge on any atom is 0.415 e. The zero-order valence-electron chi connectivity index (χ0n) is 19.9. The van der Waals surface area contributed by atoms with E-state index in [0.717, 1.165) is 18.4 Å². The number of halogens is 1. The summed E-state index contributed by atoms with van der Waals surface area (Å²) in [7, 11) is 0. The molecule has 3 atom stereocenters. The average molecular weight is 506 g/mol. The topological polar surface area (TPSA) is 106 Å². The second-order valence-corrected chi connectivity index (χ2v) is 10.1. The molecule has 0 radical (unpaired) electrons. The number of carbonyl (C=O) groups is 2. The van der Waals surface area contributed by atoms with Gasteiger partial charge in [0.25, 0.3) is 11.5 Å². The van der Waals surface area contributed by atoms with Gasteiger partial charge in [0.15, 0.2) is 18.2 Å². The minimum Gasteiger partial charge on any atom is -0.480 e. The number of carbonyl (C=O) groups excluding carboxylic acids is 2. The molecule has 1 N–H and O–H groups in total. The third kappa shape index (κ3) is 3.64. The summed E-state index contributed by atoms with van der Waals surface area (Å²) < 4.78 is 27.5. The highest BCUT2D eigenvalue weighted by atomic mass is 19.1. The number of hydrogen-bond acceptors (Lipinski definition) is 7. The van der Waals surface area contributed by atoms with Crippen LogP contribution in [0, 0.1) is 11.7 Å². The molecular formula is C26H24FN5O5. The highest BCUT2D eigenvalue weighted by Crippen LogP contribution is 2.36. The van der Waals surface area contributed by atoms with Crippen LogP contribution < -0.4 is 20.5 Å². The molecule has 2 unspecified atom stereocenters. The van der Waals surface area contributed by atoms with E-state index in [1.165, 1.54) is 11.0 Å². The molecule has 2 aromatic heterocycles. The Bertz CT molecular complexity index is 1520. The van der Waals surface area contributed by atoms with Gasteiger partial charge in [0.05, 0.1) is 11.6 Å². The fourth-order valence-electron chi connectivity index (χ4n) is 6.06. The molecule has 0 spiro atoms. The van der Waals surface area contributed by atoms with E-state index in [1.54, 1.807) is 34.9 Å². The van der Waals surface area contributed by atoms with Crippen molar-refractivity contribution in [3.63, 3.8) is 0 Å². The number of hydrogen-bond donors (Lipinski definition) is 1. The number of likely N-dealkylation sites (tertiary alicyclic amines) is 1. The normalized spacial score (nSPS) is 24.8. The molecule has 1 aromatic carbocycles. The van der Waals surface area contributed by atoms with Gasteiger partial charge < -0.3 is 19.4 Å². The van der Waals surface area contributed by atoms with Gasteiger partial charge in [-0.15, -0.1) is 0 Å². The summed E-state index contributed by atoms with van der Waals surface area (Å²) in [6.45, 7) is 2.28. The Balaban J connectivity index is 1.06. The van der Waals surface area contributed by atoms with Gasteiger partial charge in [0.2, 0.25) is 0 Å². The van der Waals surface area contributed by atoms with E-state index in [0.29, 0.717) is 48.7 Å². The standard InChI is InChI=1S/C26H24FN5O5/c27-18-3-1-14-2-6-23(34)32-16(9-17(18)24(14)32)11-30-8-7-15-10-31(26(35)37-20(15)12-30)21-5-4-19-25(28-21)29-22(33)13-36-19/h1-6,15-16,20H,7-13H2,(H,28,29,33)/t15?,16-,20?/m1/s1. The van der Waals surface area contributed by atoms with Crippen molar-refractivity contribution >= 4 is 34.5 Å². The van der Waals surface area contributed by atoms with Crippen LogP contribution in [-0.2, 0) is 16.0 Å². The van der Waals surface area contributed by atoms with Crippen LogP contribution in [0.1, 0.15) is 18.0 Å². The van der Waals surface area contributed by atoms with Gasteiger partial charge in [-0.3, -0.25) is 19.4 Å². The Morgan fingerprint density at radius 2 is 1.95 bits per heavy atom. The second-order valence-electron chi connectivity index (χ2n) is 10.1. The molecule has 37 heavy (non-hydrogen) atoms. The molecular weight excluding hydrogens is 481 g/mol. The maximum atomic E-state index is 14.6. The number of rotatable bonds is 3. The first-order chi connectivity index (χ1) is 17.9. The summed E-state index contributed by atoms with van der Waals surface area (Å²) in [6.07, 6.45) is 0.484. The van der Waals surface area contributed by atoms with E-state index < -0.39 is 6.09 Å². The lowest BCUT2D eigenvalue weighted by Gasteiger charge is -2.44.